The number of hydrogen-bond acceptors (Lipinski definition) is 3. The van der Waals surface area contributed by atoms with Crippen LogP contribution in [0.2, 0.25) is 5.02 Å². The number of aryl methyl sites for hydroxylation is 2. The molecule has 2 amide bonds. The molecule has 1 aliphatic heterocycles. The van der Waals surface area contributed by atoms with Gasteiger partial charge in [0.2, 0.25) is 0 Å². The number of halogens is 1. The van der Waals surface area contributed by atoms with Crippen LogP contribution >= 0.6 is 11.6 Å². The quantitative estimate of drug-likeness (QED) is 0.759. The summed E-state index contributed by atoms with van der Waals surface area (Å²) in [7, 11) is 0. The van der Waals surface area contributed by atoms with Crippen LogP contribution in [0.1, 0.15) is 33.5 Å². The second-order valence-corrected chi connectivity index (χ2v) is 7.86. The van der Waals surface area contributed by atoms with Gasteiger partial charge in [-0.3, -0.25) is 9.59 Å². The van der Waals surface area contributed by atoms with E-state index in [4.69, 9.17) is 16.3 Å². The number of carbonyl (C=O) groups excluding carboxylic acids is 2. The van der Waals surface area contributed by atoms with Crippen molar-refractivity contribution in [1.82, 2.24) is 9.80 Å². The molecule has 154 valence electrons. The number of rotatable bonds is 4. The van der Waals surface area contributed by atoms with Crippen molar-refractivity contribution in [1.29, 1.82) is 0 Å². The fourth-order valence-corrected chi connectivity index (χ4v) is 3.76. The van der Waals surface area contributed by atoms with E-state index < -0.39 is 0 Å². The van der Waals surface area contributed by atoms with Crippen LogP contribution in [-0.4, -0.2) is 54.4 Å². The Hall–Kier alpha value is -2.53. The molecule has 1 fully saturated rings. The van der Waals surface area contributed by atoms with Gasteiger partial charge in [0.05, 0.1) is 10.6 Å². The molecule has 0 unspecified atom stereocenters. The summed E-state index contributed by atoms with van der Waals surface area (Å²) in [4.78, 5) is 29.0. The third-order valence-electron chi connectivity index (χ3n) is 5.45. The average Bonchev–Trinajstić information content (AvgIpc) is 2.97. The van der Waals surface area contributed by atoms with Gasteiger partial charge in [0, 0.05) is 26.2 Å². The third-order valence-corrected chi connectivity index (χ3v) is 5.78. The molecular formula is C23H27ClN2O3. The molecule has 0 aliphatic carbocycles. The normalized spacial score (nSPS) is 14.5. The lowest BCUT2D eigenvalue weighted by molar-refractivity contribution is -0.133. The molecule has 0 radical (unpaired) electrons. The fraction of sp³-hybridized carbons (Fsp3) is 0.391. The van der Waals surface area contributed by atoms with E-state index in [0.717, 1.165) is 28.9 Å². The molecular weight excluding hydrogens is 388 g/mol. The highest BCUT2D eigenvalue weighted by atomic mass is 35.5. The minimum Gasteiger partial charge on any atom is -0.483 e. The molecule has 3 rings (SSSR count). The first-order chi connectivity index (χ1) is 13.9. The molecule has 6 heteroatoms. The zero-order valence-electron chi connectivity index (χ0n) is 17.2. The maximum absolute atomic E-state index is 12.8. The monoisotopic (exact) mass is 414 g/mol. The van der Waals surface area contributed by atoms with Crippen molar-refractivity contribution in [3.05, 3.63) is 63.7 Å². The van der Waals surface area contributed by atoms with Gasteiger partial charge in [0.1, 0.15) is 5.75 Å². The van der Waals surface area contributed by atoms with Gasteiger partial charge in [0.25, 0.3) is 11.8 Å². The summed E-state index contributed by atoms with van der Waals surface area (Å²) in [5.41, 5.74) is 3.72. The summed E-state index contributed by atoms with van der Waals surface area (Å²) in [5.74, 6) is 0.633. The molecule has 2 aromatic rings. The van der Waals surface area contributed by atoms with Gasteiger partial charge in [0.15, 0.2) is 6.61 Å². The maximum Gasteiger partial charge on any atom is 0.260 e. The van der Waals surface area contributed by atoms with Crippen molar-refractivity contribution >= 4 is 23.4 Å². The van der Waals surface area contributed by atoms with Crippen LogP contribution in [0.15, 0.2) is 36.4 Å². The van der Waals surface area contributed by atoms with Crippen LogP contribution < -0.4 is 4.74 Å². The Kier molecular flexibility index (Phi) is 6.80. The van der Waals surface area contributed by atoms with Gasteiger partial charge >= 0.3 is 0 Å². The first kappa shape index (κ1) is 21.2. The highest BCUT2D eigenvalue weighted by Crippen LogP contribution is 2.25. The lowest BCUT2D eigenvalue weighted by Gasteiger charge is -2.23. The summed E-state index contributed by atoms with van der Waals surface area (Å²) in [6, 6.07) is 11.1. The Bertz CT molecular complexity index is 913. The Morgan fingerprint density at radius 3 is 2.34 bits per heavy atom. The topological polar surface area (TPSA) is 49.9 Å². The minimum absolute atomic E-state index is 0.00356. The van der Waals surface area contributed by atoms with Crippen LogP contribution in [-0.2, 0) is 4.79 Å². The van der Waals surface area contributed by atoms with Crippen LogP contribution in [0, 0.1) is 20.8 Å². The van der Waals surface area contributed by atoms with Gasteiger partial charge in [-0.2, -0.15) is 0 Å². The van der Waals surface area contributed by atoms with Crippen LogP contribution in [0.3, 0.4) is 0 Å². The lowest BCUT2D eigenvalue weighted by Crippen LogP contribution is -2.39. The molecule has 1 saturated heterocycles. The van der Waals surface area contributed by atoms with E-state index in [2.05, 4.69) is 6.07 Å². The molecule has 1 aliphatic rings. The van der Waals surface area contributed by atoms with Gasteiger partial charge in [-0.15, -0.1) is 0 Å². The predicted octanol–water partition coefficient (Wildman–Crippen LogP) is 4.02. The summed E-state index contributed by atoms with van der Waals surface area (Å²) >= 11 is 6.17. The van der Waals surface area contributed by atoms with E-state index >= 15 is 0 Å². The Balaban J connectivity index is 1.59. The number of amides is 2. The Labute approximate surface area is 177 Å². The van der Waals surface area contributed by atoms with Gasteiger partial charge in [-0.05, 0) is 56.0 Å². The van der Waals surface area contributed by atoms with Crippen molar-refractivity contribution in [2.75, 3.05) is 32.8 Å². The fourth-order valence-electron chi connectivity index (χ4n) is 3.55. The maximum atomic E-state index is 12.8. The number of benzene rings is 2. The summed E-state index contributed by atoms with van der Waals surface area (Å²) < 4.78 is 5.87. The largest absolute Gasteiger partial charge is 0.483 e. The second-order valence-electron chi connectivity index (χ2n) is 7.45. The first-order valence-corrected chi connectivity index (χ1v) is 10.3. The Morgan fingerprint density at radius 2 is 1.59 bits per heavy atom. The smallest absolute Gasteiger partial charge is 0.260 e. The van der Waals surface area contributed by atoms with Crippen LogP contribution in [0.25, 0.3) is 0 Å². The SMILES string of the molecule is Cc1ccc(C)c(OCC(=O)N2CCCN(C(=O)c3ccccc3Cl)CC2)c1C. The molecule has 5 nitrogen and oxygen atoms in total. The van der Waals surface area contributed by atoms with E-state index in [1.54, 1.807) is 34.1 Å². The minimum atomic E-state index is -0.0906. The van der Waals surface area contributed by atoms with Crippen molar-refractivity contribution in [3.8, 4) is 5.75 Å². The highest BCUT2D eigenvalue weighted by Gasteiger charge is 2.24. The third kappa shape index (κ3) is 4.91. The molecule has 0 aromatic heterocycles. The van der Waals surface area contributed by atoms with E-state index in [9.17, 15) is 9.59 Å². The lowest BCUT2D eigenvalue weighted by atomic mass is 10.1. The van der Waals surface area contributed by atoms with E-state index in [0.29, 0.717) is 36.8 Å². The zero-order valence-corrected chi connectivity index (χ0v) is 18.0. The van der Waals surface area contributed by atoms with E-state index in [1.165, 1.54) is 0 Å². The summed E-state index contributed by atoms with van der Waals surface area (Å²) in [5, 5.41) is 0.451. The summed E-state index contributed by atoms with van der Waals surface area (Å²) in [6.07, 6.45) is 0.727. The van der Waals surface area contributed by atoms with Crippen LogP contribution in [0.4, 0.5) is 0 Å². The molecule has 0 bridgehead atoms. The molecule has 0 atom stereocenters. The van der Waals surface area contributed by atoms with Crippen molar-refractivity contribution < 1.29 is 14.3 Å². The van der Waals surface area contributed by atoms with E-state index in [1.807, 2.05) is 26.8 Å². The molecule has 29 heavy (non-hydrogen) atoms. The second kappa shape index (κ2) is 9.31. The Morgan fingerprint density at radius 1 is 0.931 bits per heavy atom. The summed E-state index contributed by atoms with van der Waals surface area (Å²) in [6.45, 7) is 8.21. The standard InChI is InChI=1S/C23H27ClN2O3/c1-16-9-10-17(2)22(18(16)3)29-15-21(27)25-11-6-12-26(14-13-25)23(28)19-7-4-5-8-20(19)24/h4-5,7-10H,6,11-15H2,1-3H3. The highest BCUT2D eigenvalue weighted by molar-refractivity contribution is 6.33. The first-order valence-electron chi connectivity index (χ1n) is 9.89. The molecule has 1 heterocycles. The molecule has 0 saturated carbocycles. The predicted molar refractivity (Wildman–Crippen MR) is 115 cm³/mol. The van der Waals surface area contributed by atoms with Crippen LogP contribution in [0.5, 0.6) is 5.75 Å². The van der Waals surface area contributed by atoms with Crippen molar-refractivity contribution in [2.24, 2.45) is 0 Å². The molecule has 2 aromatic carbocycles. The number of ether oxygens (including phenoxy) is 1. The van der Waals surface area contributed by atoms with Gasteiger partial charge < -0.3 is 14.5 Å². The number of nitrogens with zero attached hydrogens (tertiary/aromatic N) is 2. The van der Waals surface area contributed by atoms with Crippen molar-refractivity contribution in [3.63, 3.8) is 0 Å². The molecule has 0 N–H and O–H groups in total. The zero-order chi connectivity index (χ0) is 21.0. The molecule has 0 spiro atoms. The number of hydrogen-bond donors (Lipinski definition) is 0. The van der Waals surface area contributed by atoms with Gasteiger partial charge in [-0.1, -0.05) is 35.9 Å². The van der Waals surface area contributed by atoms with E-state index in [-0.39, 0.29) is 18.4 Å². The van der Waals surface area contributed by atoms with Gasteiger partial charge in [-0.25, -0.2) is 0 Å². The number of carbonyl (C=O) groups is 2. The average molecular weight is 415 g/mol. The van der Waals surface area contributed by atoms with Crippen molar-refractivity contribution in [2.45, 2.75) is 27.2 Å².